The number of nitrogens with zero attached hydrogens (tertiary/aromatic N) is 2. The van der Waals surface area contributed by atoms with E-state index in [1.165, 1.54) is 81.9 Å². The summed E-state index contributed by atoms with van der Waals surface area (Å²) in [5.74, 6) is 0.922. The minimum Gasteiger partial charge on any atom is -0.292 e. The van der Waals surface area contributed by atoms with Crippen molar-refractivity contribution >= 4 is 64.9 Å². The minimum atomic E-state index is 0.0399. The maximum atomic E-state index is 5.60. The standard InChI is InChI=1S/C61H44N2/c1-61(2,3)43-34-36-44(37-35-43)63-59-52-29-17-13-25-48(52)47-24-12-16-28-51(47)58(59)62-60(63)42-32-30-40(31-33-42)53-38-54(39-18-6-4-7-19-39)56-49-26-14-10-22-45(49)46-23-11-15-27-50(46)57(56)55(53)41-20-8-5-9-21-41/h4-38H,1-3H3. The summed E-state index contributed by atoms with van der Waals surface area (Å²) >= 11 is 0. The number of aromatic nitrogens is 2. The van der Waals surface area contributed by atoms with Crippen LogP contribution in [-0.4, -0.2) is 9.55 Å². The van der Waals surface area contributed by atoms with Gasteiger partial charge in [-0.2, -0.15) is 0 Å². The van der Waals surface area contributed by atoms with Crippen LogP contribution in [0, 0.1) is 0 Å². The van der Waals surface area contributed by atoms with Crippen molar-refractivity contribution in [1.82, 2.24) is 9.55 Å². The highest BCUT2D eigenvalue weighted by Gasteiger charge is 2.24. The Morgan fingerprint density at radius 1 is 0.365 bits per heavy atom. The molecule has 2 nitrogen and oxygen atoms in total. The van der Waals surface area contributed by atoms with Crippen LogP contribution in [-0.2, 0) is 5.41 Å². The molecule has 0 fully saturated rings. The first kappa shape index (κ1) is 37.0. The van der Waals surface area contributed by atoms with Crippen molar-refractivity contribution in [3.05, 3.63) is 218 Å². The second-order valence-electron chi connectivity index (χ2n) is 17.9. The zero-order valence-electron chi connectivity index (χ0n) is 35.6. The van der Waals surface area contributed by atoms with Gasteiger partial charge in [-0.3, -0.25) is 4.57 Å². The average molecular weight is 805 g/mol. The van der Waals surface area contributed by atoms with Crippen LogP contribution in [0.25, 0.3) is 115 Å². The molecule has 0 aliphatic rings. The molecule has 0 atom stereocenters. The van der Waals surface area contributed by atoms with Gasteiger partial charge >= 0.3 is 0 Å². The third kappa shape index (κ3) is 5.90. The van der Waals surface area contributed by atoms with Crippen LogP contribution >= 0.6 is 0 Å². The molecule has 0 aliphatic heterocycles. The van der Waals surface area contributed by atoms with Crippen molar-refractivity contribution in [3.8, 4) is 50.5 Å². The highest BCUT2D eigenvalue weighted by Crippen LogP contribution is 2.49. The van der Waals surface area contributed by atoms with E-state index in [1.807, 2.05) is 0 Å². The number of rotatable bonds is 5. The Bertz CT molecular complexity index is 3720. The zero-order valence-corrected chi connectivity index (χ0v) is 35.6. The lowest BCUT2D eigenvalue weighted by Crippen LogP contribution is -2.11. The summed E-state index contributed by atoms with van der Waals surface area (Å²) in [6.45, 7) is 6.81. The van der Waals surface area contributed by atoms with Gasteiger partial charge in [0.2, 0.25) is 0 Å². The highest BCUT2D eigenvalue weighted by molar-refractivity contribution is 6.33. The van der Waals surface area contributed by atoms with Crippen LogP contribution in [0.2, 0.25) is 0 Å². The Kier molecular flexibility index (Phi) is 8.45. The Hall–Kier alpha value is -7.81. The molecule has 0 amide bonds. The highest BCUT2D eigenvalue weighted by atomic mass is 15.1. The number of hydrogen-bond acceptors (Lipinski definition) is 1. The van der Waals surface area contributed by atoms with Crippen LogP contribution in [0.4, 0.5) is 0 Å². The van der Waals surface area contributed by atoms with Gasteiger partial charge in [0, 0.05) is 22.0 Å². The molecule has 0 aliphatic carbocycles. The summed E-state index contributed by atoms with van der Waals surface area (Å²) in [5.41, 5.74) is 12.8. The lowest BCUT2D eigenvalue weighted by atomic mass is 9.81. The van der Waals surface area contributed by atoms with E-state index in [1.54, 1.807) is 0 Å². The maximum Gasteiger partial charge on any atom is 0.145 e. The van der Waals surface area contributed by atoms with Crippen LogP contribution in [0.3, 0.4) is 0 Å². The van der Waals surface area contributed by atoms with Crippen LogP contribution in [0.15, 0.2) is 212 Å². The average Bonchev–Trinajstić information content (AvgIpc) is 3.75. The van der Waals surface area contributed by atoms with E-state index in [-0.39, 0.29) is 5.41 Å². The van der Waals surface area contributed by atoms with Crippen molar-refractivity contribution in [3.63, 3.8) is 0 Å². The number of fused-ring (bicyclic) bond motifs is 12. The normalized spacial score (nSPS) is 12.0. The Morgan fingerprint density at radius 3 is 1.40 bits per heavy atom. The van der Waals surface area contributed by atoms with E-state index in [2.05, 4.69) is 238 Å². The van der Waals surface area contributed by atoms with Gasteiger partial charge in [0.1, 0.15) is 5.82 Å². The first-order valence-electron chi connectivity index (χ1n) is 22.0. The summed E-state index contributed by atoms with van der Waals surface area (Å²) in [6.07, 6.45) is 0. The predicted molar refractivity (Wildman–Crippen MR) is 269 cm³/mol. The first-order valence-corrected chi connectivity index (χ1v) is 22.0. The first-order chi connectivity index (χ1) is 30.9. The summed E-state index contributed by atoms with van der Waals surface area (Å²) in [5, 5.41) is 12.4. The fourth-order valence-electron chi connectivity index (χ4n) is 10.1. The fourth-order valence-corrected chi connectivity index (χ4v) is 10.1. The molecule has 0 radical (unpaired) electrons. The molecule has 12 aromatic rings. The second kappa shape index (κ2) is 14.4. The van der Waals surface area contributed by atoms with Crippen molar-refractivity contribution in [2.24, 2.45) is 0 Å². The van der Waals surface area contributed by atoms with E-state index in [9.17, 15) is 0 Å². The molecule has 0 spiro atoms. The van der Waals surface area contributed by atoms with Crippen molar-refractivity contribution in [2.45, 2.75) is 26.2 Å². The molecule has 1 aromatic heterocycles. The molecule has 11 aromatic carbocycles. The van der Waals surface area contributed by atoms with Gasteiger partial charge in [-0.15, -0.1) is 0 Å². The van der Waals surface area contributed by atoms with Gasteiger partial charge in [-0.1, -0.05) is 215 Å². The van der Waals surface area contributed by atoms with E-state index >= 15 is 0 Å². The van der Waals surface area contributed by atoms with E-state index in [0.717, 1.165) is 39.1 Å². The fraction of sp³-hybridized carbons (Fsp3) is 0.0656. The largest absolute Gasteiger partial charge is 0.292 e. The SMILES string of the molecule is CC(C)(C)c1ccc(-n2c(-c3ccc(-c4cc(-c5ccccc5)c5c6ccccc6c6ccccc6c5c4-c4ccccc4)cc3)nc3c4ccccc4c4ccccc4c32)cc1. The van der Waals surface area contributed by atoms with Gasteiger partial charge in [0.05, 0.1) is 11.0 Å². The molecule has 0 bridgehead atoms. The minimum absolute atomic E-state index is 0.0399. The van der Waals surface area contributed by atoms with Crippen molar-refractivity contribution in [1.29, 1.82) is 0 Å². The van der Waals surface area contributed by atoms with Crippen LogP contribution < -0.4 is 0 Å². The van der Waals surface area contributed by atoms with Crippen molar-refractivity contribution < 1.29 is 0 Å². The molecule has 0 N–H and O–H groups in total. The van der Waals surface area contributed by atoms with E-state index < -0.39 is 0 Å². The summed E-state index contributed by atoms with van der Waals surface area (Å²) < 4.78 is 2.39. The predicted octanol–water partition coefficient (Wildman–Crippen LogP) is 16.8. The molecule has 0 unspecified atom stereocenters. The molecule has 298 valence electrons. The van der Waals surface area contributed by atoms with Crippen LogP contribution in [0.1, 0.15) is 26.3 Å². The molecule has 1 heterocycles. The lowest BCUT2D eigenvalue weighted by Gasteiger charge is -2.22. The van der Waals surface area contributed by atoms with Crippen molar-refractivity contribution in [2.75, 3.05) is 0 Å². The van der Waals surface area contributed by atoms with E-state index in [4.69, 9.17) is 4.98 Å². The van der Waals surface area contributed by atoms with Gasteiger partial charge < -0.3 is 0 Å². The quantitative estimate of drug-likeness (QED) is 0.158. The van der Waals surface area contributed by atoms with Gasteiger partial charge in [0.25, 0.3) is 0 Å². The van der Waals surface area contributed by atoms with Crippen LogP contribution in [0.5, 0.6) is 0 Å². The molecule has 0 saturated heterocycles. The monoisotopic (exact) mass is 804 g/mol. The zero-order chi connectivity index (χ0) is 42.2. The van der Waals surface area contributed by atoms with Gasteiger partial charge in [-0.05, 0) is 106 Å². The molecule has 12 rings (SSSR count). The Balaban J connectivity index is 1.15. The molecular weight excluding hydrogens is 761 g/mol. The van der Waals surface area contributed by atoms with Gasteiger partial charge in [0.15, 0.2) is 0 Å². The topological polar surface area (TPSA) is 17.8 Å². The summed E-state index contributed by atoms with van der Waals surface area (Å²) in [4.78, 5) is 5.60. The molecular formula is C61H44N2. The number of hydrogen-bond donors (Lipinski definition) is 0. The number of imidazole rings is 1. The summed E-state index contributed by atoms with van der Waals surface area (Å²) in [7, 11) is 0. The number of benzene rings is 11. The van der Waals surface area contributed by atoms with E-state index in [0.29, 0.717) is 0 Å². The lowest BCUT2D eigenvalue weighted by molar-refractivity contribution is 0.590. The molecule has 2 heteroatoms. The van der Waals surface area contributed by atoms with Gasteiger partial charge in [-0.25, -0.2) is 4.98 Å². The third-order valence-electron chi connectivity index (χ3n) is 13.1. The maximum absolute atomic E-state index is 5.60. The summed E-state index contributed by atoms with van der Waals surface area (Å²) in [6, 6.07) is 77.9. The second-order valence-corrected chi connectivity index (χ2v) is 17.9. The smallest absolute Gasteiger partial charge is 0.145 e. The Labute approximate surface area is 367 Å². The molecule has 63 heavy (non-hydrogen) atoms. The Morgan fingerprint density at radius 2 is 0.810 bits per heavy atom. The molecule has 0 saturated carbocycles. The third-order valence-corrected chi connectivity index (χ3v) is 13.1.